The van der Waals surface area contributed by atoms with Crippen molar-refractivity contribution in [3.05, 3.63) is 83.6 Å². The SMILES string of the molecule is Cc1cc(/C=C2/OC(=O)N(c3ccccc3)C2=O)c(C)n1-c1cccnc1. The van der Waals surface area contributed by atoms with Gasteiger partial charge in [-0.15, -0.1) is 0 Å². The molecule has 3 aromatic rings. The summed E-state index contributed by atoms with van der Waals surface area (Å²) in [6.07, 6.45) is 4.40. The van der Waals surface area contributed by atoms with Crippen LogP contribution in [0.2, 0.25) is 0 Å². The molecule has 6 nitrogen and oxygen atoms in total. The summed E-state index contributed by atoms with van der Waals surface area (Å²) in [7, 11) is 0. The highest BCUT2D eigenvalue weighted by molar-refractivity contribution is 6.24. The number of rotatable bonds is 3. The van der Waals surface area contributed by atoms with Crippen LogP contribution in [0.3, 0.4) is 0 Å². The monoisotopic (exact) mass is 359 g/mol. The minimum Gasteiger partial charge on any atom is -0.404 e. The van der Waals surface area contributed by atoms with Crippen LogP contribution < -0.4 is 4.90 Å². The molecule has 2 aromatic heterocycles. The van der Waals surface area contributed by atoms with Crippen molar-refractivity contribution in [2.75, 3.05) is 4.90 Å². The molecule has 0 spiro atoms. The van der Waals surface area contributed by atoms with Crippen LogP contribution in [0, 0.1) is 13.8 Å². The minimum atomic E-state index is -0.696. The van der Waals surface area contributed by atoms with Gasteiger partial charge in [0.2, 0.25) is 0 Å². The van der Waals surface area contributed by atoms with Gasteiger partial charge >= 0.3 is 12.0 Å². The van der Waals surface area contributed by atoms with Gasteiger partial charge in [0.1, 0.15) is 0 Å². The number of hydrogen-bond acceptors (Lipinski definition) is 4. The summed E-state index contributed by atoms with van der Waals surface area (Å²) in [6.45, 7) is 3.92. The maximum Gasteiger partial charge on any atom is 0.427 e. The third-order valence-electron chi connectivity index (χ3n) is 4.47. The van der Waals surface area contributed by atoms with Gasteiger partial charge in [0.25, 0.3) is 0 Å². The number of amides is 2. The van der Waals surface area contributed by atoms with Crippen molar-refractivity contribution in [3.8, 4) is 5.69 Å². The summed E-state index contributed by atoms with van der Waals surface area (Å²) < 4.78 is 7.27. The number of aryl methyl sites for hydroxylation is 1. The molecule has 134 valence electrons. The van der Waals surface area contributed by atoms with E-state index in [0.29, 0.717) is 5.69 Å². The topological polar surface area (TPSA) is 64.4 Å². The number of para-hydroxylation sites is 1. The Labute approximate surface area is 156 Å². The fourth-order valence-corrected chi connectivity index (χ4v) is 3.23. The summed E-state index contributed by atoms with van der Waals surface area (Å²) in [4.78, 5) is 30.1. The Morgan fingerprint density at radius 3 is 2.44 bits per heavy atom. The Balaban J connectivity index is 1.71. The van der Waals surface area contributed by atoms with Crippen molar-refractivity contribution < 1.29 is 14.3 Å². The van der Waals surface area contributed by atoms with E-state index in [2.05, 4.69) is 4.98 Å². The summed E-state index contributed by atoms with van der Waals surface area (Å²) in [5.41, 5.74) is 4.14. The van der Waals surface area contributed by atoms with E-state index in [1.165, 1.54) is 0 Å². The Hall–Kier alpha value is -3.67. The molecule has 4 rings (SSSR count). The molecule has 27 heavy (non-hydrogen) atoms. The fourth-order valence-electron chi connectivity index (χ4n) is 3.23. The predicted octanol–water partition coefficient (Wildman–Crippen LogP) is 4.01. The highest BCUT2D eigenvalue weighted by atomic mass is 16.6. The summed E-state index contributed by atoms with van der Waals surface area (Å²) >= 11 is 0. The van der Waals surface area contributed by atoms with E-state index in [9.17, 15) is 9.59 Å². The summed E-state index contributed by atoms with van der Waals surface area (Å²) in [5, 5.41) is 0. The molecule has 0 unspecified atom stereocenters. The lowest BCUT2D eigenvalue weighted by Crippen LogP contribution is -2.28. The van der Waals surface area contributed by atoms with Gasteiger partial charge in [-0.25, -0.2) is 9.69 Å². The molecule has 1 aliphatic heterocycles. The number of nitrogens with zero attached hydrogens (tertiary/aromatic N) is 3. The number of benzene rings is 1. The Morgan fingerprint density at radius 1 is 1.00 bits per heavy atom. The number of anilines is 1. The largest absolute Gasteiger partial charge is 0.427 e. The molecular weight excluding hydrogens is 342 g/mol. The zero-order valence-electron chi connectivity index (χ0n) is 14.9. The van der Waals surface area contributed by atoms with E-state index >= 15 is 0 Å². The van der Waals surface area contributed by atoms with Crippen LogP contribution in [0.25, 0.3) is 11.8 Å². The molecule has 2 amide bonds. The molecule has 0 atom stereocenters. The maximum atomic E-state index is 12.7. The van der Waals surface area contributed by atoms with Crippen molar-refractivity contribution in [1.29, 1.82) is 0 Å². The van der Waals surface area contributed by atoms with E-state index in [1.54, 1.807) is 42.7 Å². The normalized spacial score (nSPS) is 15.5. The number of carbonyl (C=O) groups excluding carboxylic acids is 2. The Kier molecular flexibility index (Phi) is 4.08. The van der Waals surface area contributed by atoms with Gasteiger partial charge in [-0.3, -0.25) is 9.78 Å². The molecule has 1 aliphatic rings. The van der Waals surface area contributed by atoms with E-state index < -0.39 is 12.0 Å². The second kappa shape index (κ2) is 6.57. The smallest absolute Gasteiger partial charge is 0.404 e. The number of pyridine rings is 1. The first-order valence-electron chi connectivity index (χ1n) is 8.48. The summed E-state index contributed by atoms with van der Waals surface area (Å²) in [6, 6.07) is 14.5. The lowest BCUT2D eigenvalue weighted by atomic mass is 10.2. The van der Waals surface area contributed by atoms with Gasteiger partial charge in [0.05, 0.1) is 17.6 Å². The lowest BCUT2D eigenvalue weighted by Gasteiger charge is -2.09. The average molecular weight is 359 g/mol. The molecule has 0 N–H and O–H groups in total. The molecular formula is C21H17N3O3. The molecule has 6 heteroatoms. The summed E-state index contributed by atoms with van der Waals surface area (Å²) in [5.74, 6) is -0.465. The van der Waals surface area contributed by atoms with Crippen LogP contribution in [0.15, 0.2) is 66.7 Å². The molecule has 3 heterocycles. The second-order valence-corrected chi connectivity index (χ2v) is 6.23. The second-order valence-electron chi connectivity index (χ2n) is 6.23. The first kappa shape index (κ1) is 16.8. The molecule has 0 radical (unpaired) electrons. The predicted molar refractivity (Wildman–Crippen MR) is 101 cm³/mol. The van der Waals surface area contributed by atoms with Gasteiger partial charge in [0.15, 0.2) is 5.76 Å². The Morgan fingerprint density at radius 2 is 1.74 bits per heavy atom. The van der Waals surface area contributed by atoms with Crippen molar-refractivity contribution >= 4 is 23.8 Å². The van der Waals surface area contributed by atoms with Gasteiger partial charge in [-0.1, -0.05) is 18.2 Å². The Bertz CT molecular complexity index is 1050. The molecule has 1 fully saturated rings. The standard InChI is InChI=1S/C21H17N3O3/c1-14-11-16(15(2)23(14)18-9-6-10-22-13-18)12-19-20(25)24(21(26)27-19)17-7-4-3-5-8-17/h3-13H,1-2H3/b19-12+. The number of hydrogen-bond donors (Lipinski definition) is 0. The minimum absolute atomic E-state index is 0.00953. The number of ether oxygens (including phenoxy) is 1. The average Bonchev–Trinajstić information content (AvgIpc) is 3.11. The maximum absolute atomic E-state index is 12.7. The van der Waals surface area contributed by atoms with E-state index in [-0.39, 0.29) is 5.76 Å². The van der Waals surface area contributed by atoms with Crippen molar-refractivity contribution in [2.45, 2.75) is 13.8 Å². The van der Waals surface area contributed by atoms with Crippen LogP contribution in [-0.2, 0) is 9.53 Å². The molecule has 1 saturated heterocycles. The van der Waals surface area contributed by atoms with Crippen molar-refractivity contribution in [2.24, 2.45) is 0 Å². The zero-order chi connectivity index (χ0) is 19.0. The highest BCUT2D eigenvalue weighted by Crippen LogP contribution is 2.28. The highest BCUT2D eigenvalue weighted by Gasteiger charge is 2.37. The molecule has 0 aliphatic carbocycles. The van der Waals surface area contributed by atoms with Crippen molar-refractivity contribution in [1.82, 2.24) is 9.55 Å². The van der Waals surface area contributed by atoms with Gasteiger partial charge in [0, 0.05) is 17.6 Å². The fraction of sp³-hybridized carbons (Fsp3) is 0.0952. The molecule has 0 saturated carbocycles. The first-order chi connectivity index (χ1) is 13.1. The van der Waals surface area contributed by atoms with Crippen LogP contribution in [0.4, 0.5) is 10.5 Å². The van der Waals surface area contributed by atoms with Gasteiger partial charge in [-0.05, 0) is 55.8 Å². The molecule has 0 bridgehead atoms. The van der Waals surface area contributed by atoms with Crippen LogP contribution >= 0.6 is 0 Å². The van der Waals surface area contributed by atoms with Crippen molar-refractivity contribution in [3.63, 3.8) is 0 Å². The molecule has 1 aromatic carbocycles. The van der Waals surface area contributed by atoms with Crippen LogP contribution in [0.5, 0.6) is 0 Å². The number of carbonyl (C=O) groups is 2. The van der Waals surface area contributed by atoms with Crippen LogP contribution in [0.1, 0.15) is 17.0 Å². The zero-order valence-corrected chi connectivity index (χ0v) is 14.9. The van der Waals surface area contributed by atoms with Gasteiger partial charge in [-0.2, -0.15) is 0 Å². The van der Waals surface area contributed by atoms with E-state index in [1.807, 2.05) is 42.7 Å². The number of aromatic nitrogens is 2. The van der Waals surface area contributed by atoms with E-state index in [0.717, 1.165) is 27.5 Å². The van der Waals surface area contributed by atoms with Crippen LogP contribution in [-0.4, -0.2) is 21.6 Å². The van der Waals surface area contributed by atoms with E-state index in [4.69, 9.17) is 4.74 Å². The third-order valence-corrected chi connectivity index (χ3v) is 4.47. The first-order valence-corrected chi connectivity index (χ1v) is 8.48. The van der Waals surface area contributed by atoms with Gasteiger partial charge < -0.3 is 9.30 Å². The quantitative estimate of drug-likeness (QED) is 0.663. The lowest BCUT2D eigenvalue weighted by molar-refractivity contribution is -0.114. The number of imide groups is 1. The number of cyclic esters (lactones) is 1. The third kappa shape index (κ3) is 2.91.